The fourth-order valence-corrected chi connectivity index (χ4v) is 13.3. The normalized spacial score (nSPS) is 17.8. The Kier molecular flexibility index (Phi) is 22.5. The molecule has 11 aromatic carbocycles. The van der Waals surface area contributed by atoms with Gasteiger partial charge in [0, 0.05) is 6.61 Å². The number of carbonyl (C=O) groups excluding carboxylic acids is 3. The first-order chi connectivity index (χ1) is 48.3. The molecule has 0 aromatic heterocycles. The van der Waals surface area contributed by atoms with Gasteiger partial charge in [-0.05, 0) is 80.8 Å². The Labute approximate surface area is 575 Å². The van der Waals surface area contributed by atoms with Crippen LogP contribution in [0.4, 0.5) is 0 Å². The third-order valence-corrected chi connectivity index (χ3v) is 18.4. The minimum atomic E-state index is -0.732. The molecule has 3 saturated heterocycles. The fraction of sp³-hybridized carbons (Fsp3) is 0.198. The van der Waals surface area contributed by atoms with Gasteiger partial charge in [0.25, 0.3) is 0 Å². The number of rotatable bonds is 27. The topological polar surface area (TPSA) is 151 Å². The van der Waals surface area contributed by atoms with Gasteiger partial charge < -0.3 is 30.2 Å². The summed E-state index contributed by atoms with van der Waals surface area (Å²) in [5.74, 6) is 1.24. The lowest BCUT2D eigenvalue weighted by molar-refractivity contribution is -0.148. The number of β-lactam (4-membered cyclic amide) rings is 3. The van der Waals surface area contributed by atoms with E-state index in [-0.39, 0.29) is 23.9 Å². The van der Waals surface area contributed by atoms with Crippen LogP contribution in [0.1, 0.15) is 95.5 Å². The number of hydrogen-bond acceptors (Lipinski definition) is 9. The van der Waals surface area contributed by atoms with E-state index in [4.69, 9.17) is 14.2 Å². The molecule has 6 atom stereocenters. The second kappa shape index (κ2) is 32.8. The van der Waals surface area contributed by atoms with Gasteiger partial charge in [-0.2, -0.15) is 0 Å². The lowest BCUT2D eigenvalue weighted by Crippen LogP contribution is -2.73. The molecule has 98 heavy (non-hydrogen) atoms. The Morgan fingerprint density at radius 2 is 0.480 bits per heavy atom. The van der Waals surface area contributed by atoms with Crippen molar-refractivity contribution in [2.75, 3.05) is 6.61 Å². The highest BCUT2D eigenvalue weighted by atomic mass is 16.5. The van der Waals surface area contributed by atoms with Gasteiger partial charge in [0.15, 0.2) is 18.7 Å². The molecule has 0 unspecified atom stereocenters. The van der Waals surface area contributed by atoms with Crippen molar-refractivity contribution in [2.45, 2.75) is 98.9 Å². The van der Waals surface area contributed by atoms with Gasteiger partial charge in [0.1, 0.15) is 29.6 Å². The fourth-order valence-electron chi connectivity index (χ4n) is 13.3. The van der Waals surface area contributed by atoms with Crippen molar-refractivity contribution in [2.24, 2.45) is 0 Å². The average molecular weight is 1300 g/mol. The number of para-hydroxylation sites is 2. The van der Waals surface area contributed by atoms with E-state index in [1.165, 1.54) is 32.1 Å². The highest BCUT2D eigenvalue weighted by Gasteiger charge is 2.51. The molecular formula is C86H84N6O6. The molecule has 0 spiro atoms. The molecule has 14 rings (SSSR count). The summed E-state index contributed by atoms with van der Waals surface area (Å²) < 4.78 is 18.3. The van der Waals surface area contributed by atoms with Crippen LogP contribution in [-0.4, -0.2) is 61.1 Å². The van der Waals surface area contributed by atoms with Crippen LogP contribution in [0.3, 0.4) is 0 Å². The Balaban J connectivity index is 0.000000140. The van der Waals surface area contributed by atoms with Crippen LogP contribution in [0.15, 0.2) is 334 Å². The summed E-state index contributed by atoms with van der Waals surface area (Å²) in [6, 6.07) is 110. The zero-order chi connectivity index (χ0) is 67.3. The van der Waals surface area contributed by atoms with Gasteiger partial charge in [-0.1, -0.05) is 348 Å². The van der Waals surface area contributed by atoms with Crippen molar-refractivity contribution < 1.29 is 28.6 Å². The Hall–Kier alpha value is -10.7. The number of unbranched alkanes of at least 4 members (excludes halogenated alkanes) is 5. The summed E-state index contributed by atoms with van der Waals surface area (Å²) in [5.41, 5.74) is 7.41. The number of amides is 3. The van der Waals surface area contributed by atoms with Crippen molar-refractivity contribution >= 4 is 17.7 Å². The van der Waals surface area contributed by atoms with Crippen molar-refractivity contribution in [3.8, 4) is 11.5 Å². The monoisotopic (exact) mass is 1300 g/mol. The molecule has 11 aromatic rings. The molecule has 0 saturated carbocycles. The van der Waals surface area contributed by atoms with Crippen LogP contribution in [0.5, 0.6) is 11.5 Å². The highest BCUT2D eigenvalue weighted by Crippen LogP contribution is 2.42. The van der Waals surface area contributed by atoms with E-state index in [0.717, 1.165) is 56.5 Å². The van der Waals surface area contributed by atoms with E-state index in [2.05, 4.69) is 148 Å². The van der Waals surface area contributed by atoms with Crippen molar-refractivity contribution in [3.05, 3.63) is 384 Å². The zero-order valence-electron chi connectivity index (χ0n) is 55.1. The van der Waals surface area contributed by atoms with Crippen LogP contribution in [0.2, 0.25) is 0 Å². The molecule has 494 valence electrons. The number of benzene rings is 11. The quantitative estimate of drug-likeness (QED) is 0.0168. The van der Waals surface area contributed by atoms with Gasteiger partial charge in [0.2, 0.25) is 17.7 Å². The zero-order valence-corrected chi connectivity index (χ0v) is 55.1. The minimum Gasteiger partial charge on any atom is -0.468 e. The third-order valence-electron chi connectivity index (χ3n) is 18.4. The van der Waals surface area contributed by atoms with Gasteiger partial charge in [-0.3, -0.25) is 30.3 Å². The molecule has 3 fully saturated rings. The molecule has 12 nitrogen and oxygen atoms in total. The van der Waals surface area contributed by atoms with Crippen molar-refractivity contribution in [1.29, 1.82) is 0 Å². The van der Waals surface area contributed by atoms with E-state index < -0.39 is 47.2 Å². The van der Waals surface area contributed by atoms with E-state index >= 15 is 0 Å². The number of ether oxygens (including phenoxy) is 3. The van der Waals surface area contributed by atoms with Crippen LogP contribution >= 0.6 is 0 Å². The maximum absolute atomic E-state index is 12.8. The lowest BCUT2D eigenvalue weighted by atomic mass is 9.76. The molecule has 12 heteroatoms. The van der Waals surface area contributed by atoms with Crippen molar-refractivity contribution in [1.82, 2.24) is 31.9 Å². The number of carbonyl (C=O) groups is 3. The van der Waals surface area contributed by atoms with Crippen LogP contribution in [0.25, 0.3) is 0 Å². The molecule has 3 amide bonds. The standard InChI is InChI=1S/C30H36N2O2.2C28H24N2O2/c1-2-3-4-5-6-16-23-34-29-27(28(33)31-29)32-30(24-17-10-7-11-18-24,25-19-12-8-13-20-25)26-21-14-9-15-22-26;2*31-26-25(27(29-26)32-24-19-11-4-12-20-24)30-28(21-13-5-1-6-14-21,22-15-7-2-8-16-22)23-17-9-3-10-18-23/h7-15,17-22,27,29,32H,2-6,16,23H2,1H3,(H,31,33);2*1-20,25,27,30H,(H,29,31)/t27-,29-;25-,27+;25-,27-/m111/s1. The Morgan fingerprint density at radius 3 is 0.714 bits per heavy atom. The van der Waals surface area contributed by atoms with Crippen LogP contribution in [0, 0.1) is 0 Å². The van der Waals surface area contributed by atoms with Gasteiger partial charge >= 0.3 is 0 Å². The second-order valence-electron chi connectivity index (χ2n) is 24.7. The maximum atomic E-state index is 12.8. The highest BCUT2D eigenvalue weighted by molar-refractivity contribution is 5.90. The molecule has 3 aliphatic heterocycles. The predicted molar refractivity (Wildman–Crippen MR) is 388 cm³/mol. The SMILES string of the molecule is CCCCCCCCO[C@H]1NC(=O)[C@H]1NC(c1ccccc1)(c1ccccc1)c1ccccc1.O=C1N[C@@H](Oc2ccccc2)[C@@H]1NC(c1ccccc1)(c1ccccc1)c1ccccc1.O=C1N[C@H](Oc2ccccc2)[C@@H]1NC(c1ccccc1)(c1ccccc1)c1ccccc1. The van der Waals surface area contributed by atoms with Crippen molar-refractivity contribution in [3.63, 3.8) is 0 Å². The molecule has 0 aliphatic carbocycles. The summed E-state index contributed by atoms with van der Waals surface area (Å²) in [4.78, 5) is 38.3. The van der Waals surface area contributed by atoms with Gasteiger partial charge in [-0.15, -0.1) is 0 Å². The van der Waals surface area contributed by atoms with Gasteiger partial charge in [-0.25, -0.2) is 0 Å². The second-order valence-corrected chi connectivity index (χ2v) is 24.7. The summed E-state index contributed by atoms with van der Waals surface area (Å²) in [5, 5.41) is 19.9. The first-order valence-electron chi connectivity index (χ1n) is 34.1. The molecular weight excluding hydrogens is 1210 g/mol. The number of nitrogens with one attached hydrogen (secondary N) is 6. The molecule has 3 heterocycles. The van der Waals surface area contributed by atoms with E-state index in [0.29, 0.717) is 18.1 Å². The molecule has 3 aliphatic rings. The summed E-state index contributed by atoms with van der Waals surface area (Å²) in [7, 11) is 0. The van der Waals surface area contributed by atoms with Crippen LogP contribution < -0.4 is 41.4 Å². The van der Waals surface area contributed by atoms with Gasteiger partial charge in [0.05, 0.1) is 16.6 Å². The van der Waals surface area contributed by atoms with E-state index in [9.17, 15) is 14.4 Å². The maximum Gasteiger partial charge on any atom is 0.245 e. The lowest BCUT2D eigenvalue weighted by Gasteiger charge is -2.45. The average Bonchev–Trinajstić information content (AvgIpc) is 0.755. The van der Waals surface area contributed by atoms with E-state index in [1.807, 2.05) is 224 Å². The molecule has 0 bridgehead atoms. The smallest absolute Gasteiger partial charge is 0.245 e. The predicted octanol–water partition coefficient (Wildman–Crippen LogP) is 14.7. The third kappa shape index (κ3) is 15.2. The number of hydrogen-bond donors (Lipinski definition) is 6. The minimum absolute atomic E-state index is 0.0277. The summed E-state index contributed by atoms with van der Waals surface area (Å²) in [6.07, 6.45) is 5.99. The Bertz CT molecular complexity index is 3730. The Morgan fingerprint density at radius 1 is 0.276 bits per heavy atom. The summed E-state index contributed by atoms with van der Waals surface area (Å²) in [6.45, 7) is 2.89. The first-order valence-corrected chi connectivity index (χ1v) is 34.1. The molecule has 0 radical (unpaired) electrons. The summed E-state index contributed by atoms with van der Waals surface area (Å²) >= 11 is 0. The van der Waals surface area contributed by atoms with Crippen LogP contribution in [-0.2, 0) is 35.7 Å². The largest absolute Gasteiger partial charge is 0.468 e. The molecule has 6 N–H and O–H groups in total. The first kappa shape index (κ1) is 67.3. The van der Waals surface area contributed by atoms with E-state index in [1.54, 1.807) is 0 Å².